The molecule has 0 unspecified atom stereocenters. The van der Waals surface area contributed by atoms with Gasteiger partial charge in [-0.05, 0) is 31.5 Å². The lowest BCUT2D eigenvalue weighted by molar-refractivity contribution is 0.426. The third kappa shape index (κ3) is 4.08. The van der Waals surface area contributed by atoms with Gasteiger partial charge in [-0.3, -0.25) is 0 Å². The van der Waals surface area contributed by atoms with Gasteiger partial charge in [0, 0.05) is 11.6 Å². The van der Waals surface area contributed by atoms with Crippen molar-refractivity contribution in [3.8, 4) is 0 Å². The van der Waals surface area contributed by atoms with E-state index in [0.717, 1.165) is 16.7 Å². The lowest BCUT2D eigenvalue weighted by Gasteiger charge is -2.15. The monoisotopic (exact) mass is 295 g/mol. The Labute approximate surface area is 120 Å². The Morgan fingerprint density at radius 2 is 1.95 bits per heavy atom. The minimum Gasteiger partial charge on any atom is -0.459 e. The topological polar surface area (TPSA) is 59.3 Å². The first-order valence-corrected chi connectivity index (χ1v) is 8.81. The summed E-state index contributed by atoms with van der Waals surface area (Å²) in [7, 11) is -2.92. The zero-order valence-electron chi connectivity index (χ0n) is 12.1. The molecule has 1 heterocycles. The number of hydrogen-bond donors (Lipinski definition) is 1. The Morgan fingerprint density at radius 3 is 2.60 bits per heavy atom. The highest BCUT2D eigenvalue weighted by molar-refractivity contribution is 7.90. The minimum absolute atomic E-state index is 0.0596. The number of fused-ring (bicyclic) bond motifs is 1. The number of benzene rings is 1. The maximum absolute atomic E-state index is 11.2. The third-order valence-electron chi connectivity index (χ3n) is 3.23. The fraction of sp³-hybridized carbons (Fsp3) is 0.467. The molecule has 0 bridgehead atoms. The van der Waals surface area contributed by atoms with Gasteiger partial charge in [0.05, 0.1) is 11.8 Å². The van der Waals surface area contributed by atoms with E-state index >= 15 is 0 Å². The van der Waals surface area contributed by atoms with Crippen LogP contribution in [0.25, 0.3) is 11.0 Å². The van der Waals surface area contributed by atoms with Crippen LogP contribution in [0.1, 0.15) is 25.6 Å². The quantitative estimate of drug-likeness (QED) is 0.890. The fourth-order valence-corrected chi connectivity index (χ4v) is 3.42. The van der Waals surface area contributed by atoms with Gasteiger partial charge >= 0.3 is 0 Å². The molecular formula is C15H21NO3S. The van der Waals surface area contributed by atoms with Crippen LogP contribution in [0.3, 0.4) is 0 Å². The van der Waals surface area contributed by atoms with E-state index in [9.17, 15) is 8.42 Å². The second-order valence-corrected chi connectivity index (χ2v) is 7.70. The molecule has 0 aliphatic heterocycles. The van der Waals surface area contributed by atoms with Crippen molar-refractivity contribution in [3.63, 3.8) is 0 Å². The highest BCUT2D eigenvalue weighted by Gasteiger charge is 2.14. The molecule has 0 aliphatic rings. The third-order valence-corrected chi connectivity index (χ3v) is 4.41. The highest BCUT2D eigenvalue weighted by atomic mass is 32.2. The maximum Gasteiger partial charge on any atom is 0.147 e. The van der Waals surface area contributed by atoms with Crippen LogP contribution in [0, 0.1) is 5.92 Å². The summed E-state index contributed by atoms with van der Waals surface area (Å²) in [6.45, 7) is 4.59. The Bertz CT molecular complexity index is 642. The van der Waals surface area contributed by atoms with Crippen molar-refractivity contribution < 1.29 is 12.8 Å². The molecule has 1 aromatic heterocycles. The molecule has 20 heavy (non-hydrogen) atoms. The molecular weight excluding hydrogens is 274 g/mol. The minimum atomic E-state index is -2.92. The van der Waals surface area contributed by atoms with E-state index in [2.05, 4.69) is 5.32 Å². The average molecular weight is 295 g/mol. The lowest BCUT2D eigenvalue weighted by atomic mass is 10.2. The molecule has 2 aromatic rings. The van der Waals surface area contributed by atoms with Crippen molar-refractivity contribution in [1.29, 1.82) is 0 Å². The molecule has 2 rings (SSSR count). The molecule has 0 amide bonds. The van der Waals surface area contributed by atoms with E-state index in [4.69, 9.17) is 4.42 Å². The standard InChI is InChI=1S/C15H21NO3S/c1-11(10-20(3,17)18)9-16-12(2)15-8-13-6-4-5-7-14(13)19-15/h4-8,11-12,16H,9-10H2,1-3H3/t11-,12-/m0/s1. The van der Waals surface area contributed by atoms with Crippen LogP contribution in [-0.2, 0) is 9.84 Å². The Morgan fingerprint density at radius 1 is 1.25 bits per heavy atom. The number of furan rings is 1. The molecule has 0 spiro atoms. The smallest absolute Gasteiger partial charge is 0.147 e. The first kappa shape index (κ1) is 15.1. The predicted octanol–water partition coefficient (Wildman–Crippen LogP) is 2.76. The largest absolute Gasteiger partial charge is 0.459 e. The summed E-state index contributed by atoms with van der Waals surface area (Å²) >= 11 is 0. The second kappa shape index (κ2) is 5.97. The molecule has 1 N–H and O–H groups in total. The van der Waals surface area contributed by atoms with Crippen molar-refractivity contribution in [2.75, 3.05) is 18.6 Å². The molecule has 5 heteroatoms. The highest BCUT2D eigenvalue weighted by Crippen LogP contribution is 2.23. The van der Waals surface area contributed by atoms with Crippen LogP contribution in [0.5, 0.6) is 0 Å². The van der Waals surface area contributed by atoms with Crippen LogP contribution < -0.4 is 5.32 Å². The van der Waals surface area contributed by atoms with Crippen molar-refractivity contribution in [1.82, 2.24) is 5.32 Å². The molecule has 0 saturated heterocycles. The van der Waals surface area contributed by atoms with Crippen molar-refractivity contribution in [2.24, 2.45) is 5.92 Å². The number of rotatable bonds is 6. The van der Waals surface area contributed by atoms with Crippen LogP contribution in [0.15, 0.2) is 34.7 Å². The first-order valence-electron chi connectivity index (χ1n) is 6.75. The summed E-state index contributed by atoms with van der Waals surface area (Å²) < 4.78 is 28.2. The van der Waals surface area contributed by atoms with Gasteiger partial charge in [-0.2, -0.15) is 0 Å². The average Bonchev–Trinajstić information content (AvgIpc) is 2.77. The van der Waals surface area contributed by atoms with Crippen molar-refractivity contribution in [3.05, 3.63) is 36.1 Å². The molecule has 0 aliphatic carbocycles. The zero-order chi connectivity index (χ0) is 14.8. The van der Waals surface area contributed by atoms with Gasteiger partial charge in [0.2, 0.25) is 0 Å². The molecule has 4 nitrogen and oxygen atoms in total. The number of hydrogen-bond acceptors (Lipinski definition) is 4. The Balaban J connectivity index is 1.96. The van der Waals surface area contributed by atoms with E-state index in [0.29, 0.717) is 6.54 Å². The van der Waals surface area contributed by atoms with E-state index in [-0.39, 0.29) is 17.7 Å². The molecule has 110 valence electrons. The van der Waals surface area contributed by atoms with Crippen LogP contribution in [0.2, 0.25) is 0 Å². The maximum atomic E-state index is 11.2. The Hall–Kier alpha value is -1.33. The van der Waals surface area contributed by atoms with E-state index in [1.54, 1.807) is 0 Å². The van der Waals surface area contributed by atoms with Gasteiger partial charge in [-0.25, -0.2) is 8.42 Å². The van der Waals surface area contributed by atoms with E-state index in [1.807, 2.05) is 44.2 Å². The molecule has 0 saturated carbocycles. The zero-order valence-corrected chi connectivity index (χ0v) is 12.9. The normalized spacial score (nSPS) is 15.3. The Kier molecular flexibility index (Phi) is 4.50. The fourth-order valence-electron chi connectivity index (χ4n) is 2.27. The van der Waals surface area contributed by atoms with Gasteiger partial charge in [0.15, 0.2) is 0 Å². The van der Waals surface area contributed by atoms with Gasteiger partial charge in [-0.15, -0.1) is 0 Å². The number of nitrogens with one attached hydrogen (secondary N) is 1. The molecule has 0 radical (unpaired) electrons. The number of para-hydroxylation sites is 1. The predicted molar refractivity (Wildman–Crippen MR) is 81.5 cm³/mol. The lowest BCUT2D eigenvalue weighted by Crippen LogP contribution is -2.28. The number of sulfone groups is 1. The summed E-state index contributed by atoms with van der Waals surface area (Å²) in [6, 6.07) is 9.97. The van der Waals surface area contributed by atoms with Crippen molar-refractivity contribution >= 4 is 20.8 Å². The second-order valence-electron chi connectivity index (χ2n) is 5.51. The van der Waals surface area contributed by atoms with Gasteiger partial charge in [0.1, 0.15) is 21.2 Å². The van der Waals surface area contributed by atoms with Gasteiger partial charge < -0.3 is 9.73 Å². The molecule has 1 aromatic carbocycles. The summed E-state index contributed by atoms with van der Waals surface area (Å²) in [5.41, 5.74) is 0.875. The SMILES string of the molecule is C[C@@H](CN[C@@H](C)c1cc2ccccc2o1)CS(C)(=O)=O. The van der Waals surface area contributed by atoms with Crippen LogP contribution >= 0.6 is 0 Å². The summed E-state index contributed by atoms with van der Waals surface area (Å²) in [4.78, 5) is 0. The molecule has 0 fully saturated rings. The van der Waals surface area contributed by atoms with E-state index < -0.39 is 9.84 Å². The summed E-state index contributed by atoms with van der Waals surface area (Å²) in [5.74, 6) is 1.15. The van der Waals surface area contributed by atoms with Crippen LogP contribution in [-0.4, -0.2) is 27.0 Å². The van der Waals surface area contributed by atoms with Gasteiger partial charge in [-0.1, -0.05) is 25.1 Å². The summed E-state index contributed by atoms with van der Waals surface area (Å²) in [5, 5.41) is 4.41. The van der Waals surface area contributed by atoms with E-state index in [1.165, 1.54) is 6.26 Å². The first-order chi connectivity index (χ1) is 9.35. The van der Waals surface area contributed by atoms with Gasteiger partial charge in [0.25, 0.3) is 0 Å². The van der Waals surface area contributed by atoms with Crippen LogP contribution in [0.4, 0.5) is 0 Å². The molecule has 2 atom stereocenters. The summed E-state index contributed by atoms with van der Waals surface area (Å²) in [6.07, 6.45) is 1.27. The van der Waals surface area contributed by atoms with Crippen molar-refractivity contribution in [2.45, 2.75) is 19.9 Å².